The van der Waals surface area contributed by atoms with E-state index in [9.17, 15) is 4.79 Å². The molecule has 1 aliphatic heterocycles. The Morgan fingerprint density at radius 2 is 1.70 bits per heavy atom. The Labute approximate surface area is 193 Å². The highest BCUT2D eigenvalue weighted by Crippen LogP contribution is 2.36. The number of fused-ring (bicyclic) bond motifs is 1. The van der Waals surface area contributed by atoms with Crippen LogP contribution in [0.1, 0.15) is 41.4 Å². The largest absolute Gasteiger partial charge is 0.489 e. The molecule has 4 aromatic rings. The Morgan fingerprint density at radius 3 is 2.39 bits per heavy atom. The molecule has 0 spiro atoms. The number of hydrogen-bond acceptors (Lipinski definition) is 4. The molecular weight excluding hydrogens is 412 g/mol. The molecule has 0 bridgehead atoms. The molecule has 1 aliphatic rings. The summed E-state index contributed by atoms with van der Waals surface area (Å²) in [6.07, 6.45) is 3.48. The van der Waals surface area contributed by atoms with Gasteiger partial charge >= 0.3 is 0 Å². The fourth-order valence-electron chi connectivity index (χ4n) is 4.08. The van der Waals surface area contributed by atoms with Crippen LogP contribution in [-0.4, -0.2) is 27.2 Å². The molecule has 0 unspecified atom stereocenters. The molecule has 6 nitrogen and oxygen atoms in total. The number of rotatable bonds is 6. The molecule has 33 heavy (non-hydrogen) atoms. The van der Waals surface area contributed by atoms with E-state index >= 15 is 0 Å². The van der Waals surface area contributed by atoms with Crippen molar-refractivity contribution in [2.45, 2.75) is 32.9 Å². The lowest BCUT2D eigenvalue weighted by molar-refractivity contribution is 0.0925. The van der Waals surface area contributed by atoms with Gasteiger partial charge in [-0.3, -0.25) is 14.5 Å². The second kappa shape index (κ2) is 8.90. The lowest BCUT2D eigenvalue weighted by Crippen LogP contribution is -2.35. The number of pyridine rings is 1. The minimum Gasteiger partial charge on any atom is -0.489 e. The maximum atomic E-state index is 12.7. The monoisotopic (exact) mass is 438 g/mol. The first-order valence-electron chi connectivity index (χ1n) is 11.2. The molecule has 0 aliphatic carbocycles. The standard InChI is InChI=1S/C27H26N4O2/c1-18(2)20-5-3-19(4-6-20)17-33-23-9-7-21(8-10-23)24-25(22-11-13-28-14-12-22)30-31-16-15-29-27(32)26(24)31/h3-14,18H,15-17H2,1-2H3,(H,29,32). The van der Waals surface area contributed by atoms with Gasteiger partial charge in [0.25, 0.3) is 5.91 Å². The smallest absolute Gasteiger partial charge is 0.270 e. The molecular formula is C27H26N4O2. The van der Waals surface area contributed by atoms with Crippen molar-refractivity contribution in [1.82, 2.24) is 20.1 Å². The molecule has 3 heterocycles. The van der Waals surface area contributed by atoms with E-state index in [0.29, 0.717) is 31.3 Å². The first-order chi connectivity index (χ1) is 16.1. The third-order valence-electron chi connectivity index (χ3n) is 5.93. The Bertz CT molecular complexity index is 1260. The number of benzene rings is 2. The fraction of sp³-hybridized carbons (Fsp3) is 0.222. The molecule has 6 heteroatoms. The van der Waals surface area contributed by atoms with Gasteiger partial charge in [0.1, 0.15) is 23.7 Å². The second-order valence-electron chi connectivity index (χ2n) is 8.50. The van der Waals surface area contributed by atoms with Crippen molar-refractivity contribution < 1.29 is 9.53 Å². The molecule has 0 atom stereocenters. The van der Waals surface area contributed by atoms with Crippen molar-refractivity contribution in [3.05, 3.63) is 89.9 Å². The third-order valence-corrected chi connectivity index (χ3v) is 5.93. The van der Waals surface area contributed by atoms with Gasteiger partial charge in [-0.15, -0.1) is 0 Å². The van der Waals surface area contributed by atoms with Crippen LogP contribution in [0.4, 0.5) is 0 Å². The Morgan fingerprint density at radius 1 is 0.970 bits per heavy atom. The van der Waals surface area contributed by atoms with Crippen LogP contribution in [-0.2, 0) is 13.2 Å². The lowest BCUT2D eigenvalue weighted by atomic mass is 9.98. The van der Waals surface area contributed by atoms with E-state index in [4.69, 9.17) is 9.84 Å². The average molecular weight is 439 g/mol. The first-order valence-corrected chi connectivity index (χ1v) is 11.2. The van der Waals surface area contributed by atoms with Crippen LogP contribution in [0.3, 0.4) is 0 Å². The summed E-state index contributed by atoms with van der Waals surface area (Å²) in [5.74, 6) is 1.19. The minimum absolute atomic E-state index is 0.103. The normalized spacial score (nSPS) is 13.0. The van der Waals surface area contributed by atoms with Crippen LogP contribution >= 0.6 is 0 Å². The minimum atomic E-state index is -0.103. The summed E-state index contributed by atoms with van der Waals surface area (Å²) in [5, 5.41) is 7.70. The van der Waals surface area contributed by atoms with Crippen molar-refractivity contribution in [3.63, 3.8) is 0 Å². The molecule has 0 saturated carbocycles. The Hall–Kier alpha value is -3.93. The number of amides is 1. The number of hydrogen-bond donors (Lipinski definition) is 1. The highest BCUT2D eigenvalue weighted by molar-refractivity contribution is 6.03. The van der Waals surface area contributed by atoms with Crippen molar-refractivity contribution in [2.75, 3.05) is 6.54 Å². The Kier molecular flexibility index (Phi) is 5.65. The summed E-state index contributed by atoms with van der Waals surface area (Å²) in [6, 6.07) is 20.2. The van der Waals surface area contributed by atoms with Gasteiger partial charge in [-0.05, 0) is 46.9 Å². The molecule has 2 aromatic carbocycles. The zero-order valence-electron chi connectivity index (χ0n) is 18.8. The zero-order valence-corrected chi connectivity index (χ0v) is 18.8. The highest BCUT2D eigenvalue weighted by atomic mass is 16.5. The van der Waals surface area contributed by atoms with Crippen molar-refractivity contribution >= 4 is 5.91 Å². The summed E-state index contributed by atoms with van der Waals surface area (Å²) >= 11 is 0. The summed E-state index contributed by atoms with van der Waals surface area (Å²) in [4.78, 5) is 16.8. The molecule has 0 fully saturated rings. The van der Waals surface area contributed by atoms with Crippen LogP contribution < -0.4 is 10.1 Å². The van der Waals surface area contributed by atoms with Gasteiger partial charge in [0.15, 0.2) is 0 Å². The zero-order chi connectivity index (χ0) is 22.8. The predicted molar refractivity (Wildman–Crippen MR) is 128 cm³/mol. The molecule has 0 saturated heterocycles. The second-order valence-corrected chi connectivity index (χ2v) is 8.50. The SMILES string of the molecule is CC(C)c1ccc(COc2ccc(-c3c(-c4ccncc4)nn4c3C(=O)NCC4)cc2)cc1. The van der Waals surface area contributed by atoms with E-state index in [-0.39, 0.29) is 5.91 Å². The molecule has 1 amide bonds. The summed E-state index contributed by atoms with van der Waals surface area (Å²) in [5.41, 5.74) is 6.51. The van der Waals surface area contributed by atoms with Gasteiger partial charge in [0, 0.05) is 30.1 Å². The molecule has 2 aromatic heterocycles. The number of aromatic nitrogens is 3. The number of carbonyl (C=O) groups excluding carboxylic acids is 1. The van der Waals surface area contributed by atoms with E-state index < -0.39 is 0 Å². The van der Waals surface area contributed by atoms with Crippen LogP contribution in [0.5, 0.6) is 5.75 Å². The maximum absolute atomic E-state index is 12.7. The topological polar surface area (TPSA) is 69.0 Å². The van der Waals surface area contributed by atoms with Crippen molar-refractivity contribution in [1.29, 1.82) is 0 Å². The fourth-order valence-corrected chi connectivity index (χ4v) is 4.08. The summed E-state index contributed by atoms with van der Waals surface area (Å²) < 4.78 is 7.81. The van der Waals surface area contributed by atoms with Gasteiger partial charge < -0.3 is 10.1 Å². The van der Waals surface area contributed by atoms with E-state index in [1.54, 1.807) is 17.1 Å². The van der Waals surface area contributed by atoms with E-state index in [2.05, 4.69) is 48.4 Å². The maximum Gasteiger partial charge on any atom is 0.270 e. The summed E-state index contributed by atoms with van der Waals surface area (Å²) in [6.45, 7) is 6.11. The number of carbonyl (C=O) groups is 1. The van der Waals surface area contributed by atoms with Crippen LogP contribution in [0.15, 0.2) is 73.1 Å². The first kappa shape index (κ1) is 20.9. The average Bonchev–Trinajstić information content (AvgIpc) is 3.25. The third kappa shape index (κ3) is 4.24. The lowest BCUT2D eigenvalue weighted by Gasteiger charge is -2.15. The van der Waals surface area contributed by atoms with Gasteiger partial charge in [-0.1, -0.05) is 50.2 Å². The van der Waals surface area contributed by atoms with E-state index in [1.165, 1.54) is 5.56 Å². The molecule has 0 radical (unpaired) electrons. The van der Waals surface area contributed by atoms with Crippen LogP contribution in [0, 0.1) is 0 Å². The van der Waals surface area contributed by atoms with Crippen LogP contribution in [0.2, 0.25) is 0 Å². The van der Waals surface area contributed by atoms with Crippen molar-refractivity contribution in [3.8, 4) is 28.1 Å². The van der Waals surface area contributed by atoms with Gasteiger partial charge in [-0.25, -0.2) is 0 Å². The molecule has 5 rings (SSSR count). The van der Waals surface area contributed by atoms with Crippen LogP contribution in [0.25, 0.3) is 22.4 Å². The molecule has 1 N–H and O–H groups in total. The van der Waals surface area contributed by atoms with E-state index in [1.807, 2.05) is 36.4 Å². The number of nitrogens with one attached hydrogen (secondary N) is 1. The van der Waals surface area contributed by atoms with Gasteiger partial charge in [-0.2, -0.15) is 5.10 Å². The number of nitrogens with zero attached hydrogens (tertiary/aromatic N) is 3. The van der Waals surface area contributed by atoms with Crippen molar-refractivity contribution in [2.24, 2.45) is 0 Å². The summed E-state index contributed by atoms with van der Waals surface area (Å²) in [7, 11) is 0. The predicted octanol–water partition coefficient (Wildman–Crippen LogP) is 5.06. The van der Waals surface area contributed by atoms with E-state index in [0.717, 1.165) is 33.7 Å². The quantitative estimate of drug-likeness (QED) is 0.457. The van der Waals surface area contributed by atoms with Gasteiger partial charge in [0.2, 0.25) is 0 Å². The highest BCUT2D eigenvalue weighted by Gasteiger charge is 2.27. The van der Waals surface area contributed by atoms with Gasteiger partial charge in [0.05, 0.1) is 6.54 Å². The number of ether oxygens (including phenoxy) is 1. The Balaban J connectivity index is 1.42. The molecule has 166 valence electrons.